The lowest BCUT2D eigenvalue weighted by molar-refractivity contribution is -0.0632. The van der Waals surface area contributed by atoms with Crippen molar-refractivity contribution >= 4 is 0 Å². The summed E-state index contributed by atoms with van der Waals surface area (Å²) < 4.78 is 5.45. The molecule has 2 N–H and O–H groups in total. The van der Waals surface area contributed by atoms with Crippen molar-refractivity contribution in [1.29, 1.82) is 0 Å². The molecule has 1 unspecified atom stereocenters. The summed E-state index contributed by atoms with van der Waals surface area (Å²) in [5.74, 6) is 0.228. The maximum Gasteiger partial charge on any atom is 0.0874 e. The lowest BCUT2D eigenvalue weighted by atomic mass is 9.94. The molecule has 0 spiro atoms. The third kappa shape index (κ3) is 7.77. The van der Waals surface area contributed by atoms with Gasteiger partial charge in [0.2, 0.25) is 0 Å². The Balaban J connectivity index is 3.39. The van der Waals surface area contributed by atoms with Crippen LogP contribution in [0.5, 0.6) is 0 Å². The molecule has 0 fully saturated rings. The molecule has 0 heterocycles. The number of rotatable bonds is 8. The first-order valence-corrected chi connectivity index (χ1v) is 5.89. The van der Waals surface area contributed by atoms with Crippen LogP contribution in [0.25, 0.3) is 0 Å². The van der Waals surface area contributed by atoms with E-state index in [1.165, 1.54) is 0 Å². The van der Waals surface area contributed by atoms with Gasteiger partial charge in [0.15, 0.2) is 0 Å². The molecule has 0 saturated heterocycles. The van der Waals surface area contributed by atoms with Gasteiger partial charge in [-0.3, -0.25) is 0 Å². The van der Waals surface area contributed by atoms with Gasteiger partial charge < -0.3 is 15.2 Å². The smallest absolute Gasteiger partial charge is 0.0874 e. The monoisotopic (exact) mass is 217 g/mol. The molecule has 0 rings (SSSR count). The van der Waals surface area contributed by atoms with Crippen molar-refractivity contribution in [3.63, 3.8) is 0 Å². The second kappa shape index (κ2) is 7.20. The summed E-state index contributed by atoms with van der Waals surface area (Å²) in [7, 11) is 0. The minimum absolute atomic E-state index is 0.228. The van der Waals surface area contributed by atoms with Gasteiger partial charge in [-0.2, -0.15) is 0 Å². The van der Waals surface area contributed by atoms with Gasteiger partial charge >= 0.3 is 0 Å². The molecule has 0 aromatic heterocycles. The summed E-state index contributed by atoms with van der Waals surface area (Å²) in [4.78, 5) is 0. The number of hydrogen-bond donors (Lipinski definition) is 2. The van der Waals surface area contributed by atoms with Crippen molar-refractivity contribution in [3.8, 4) is 0 Å². The molecule has 0 bridgehead atoms. The maximum absolute atomic E-state index is 9.90. The zero-order chi connectivity index (χ0) is 11.9. The van der Waals surface area contributed by atoms with E-state index in [9.17, 15) is 5.11 Å². The quantitative estimate of drug-likeness (QED) is 0.609. The van der Waals surface area contributed by atoms with E-state index in [4.69, 9.17) is 4.74 Å². The van der Waals surface area contributed by atoms with Gasteiger partial charge in [0.1, 0.15) is 0 Å². The highest BCUT2D eigenvalue weighted by molar-refractivity contribution is 4.75. The normalized spacial score (nSPS) is 16.0. The molecule has 1 atom stereocenters. The number of nitrogens with one attached hydrogen (secondary N) is 1. The molecule has 0 aliphatic rings. The first-order valence-electron chi connectivity index (χ1n) is 5.89. The Labute approximate surface area is 94.2 Å². The fourth-order valence-electron chi connectivity index (χ4n) is 1.01. The Morgan fingerprint density at radius 2 is 1.87 bits per heavy atom. The lowest BCUT2D eigenvalue weighted by Crippen LogP contribution is -2.36. The van der Waals surface area contributed by atoms with Crippen LogP contribution in [0, 0.1) is 5.92 Å². The van der Waals surface area contributed by atoms with E-state index < -0.39 is 5.60 Å². The predicted octanol–water partition coefficient (Wildman–Crippen LogP) is 1.80. The molecule has 92 valence electrons. The molecule has 0 amide bonds. The SMILES string of the molecule is CC(C)NCCCOCC(C)(O)C(C)C. The van der Waals surface area contributed by atoms with Gasteiger partial charge in [-0.15, -0.1) is 0 Å². The summed E-state index contributed by atoms with van der Waals surface area (Å²) >= 11 is 0. The molecule has 0 aromatic carbocycles. The molecule has 0 aliphatic carbocycles. The Morgan fingerprint density at radius 3 is 2.33 bits per heavy atom. The molecule has 3 heteroatoms. The number of ether oxygens (including phenoxy) is 1. The second-order valence-corrected chi connectivity index (χ2v) is 5.03. The number of hydrogen-bond acceptors (Lipinski definition) is 3. The van der Waals surface area contributed by atoms with Crippen molar-refractivity contribution in [2.45, 2.75) is 52.7 Å². The Bertz CT molecular complexity index is 156. The fraction of sp³-hybridized carbons (Fsp3) is 1.00. The van der Waals surface area contributed by atoms with Crippen molar-refractivity contribution < 1.29 is 9.84 Å². The highest BCUT2D eigenvalue weighted by Crippen LogP contribution is 2.15. The first-order chi connectivity index (χ1) is 6.86. The van der Waals surface area contributed by atoms with Crippen LogP contribution in [0.1, 0.15) is 41.0 Å². The molecular weight excluding hydrogens is 190 g/mol. The lowest BCUT2D eigenvalue weighted by Gasteiger charge is -2.27. The molecule has 3 nitrogen and oxygen atoms in total. The van der Waals surface area contributed by atoms with Crippen molar-refractivity contribution in [1.82, 2.24) is 5.32 Å². The largest absolute Gasteiger partial charge is 0.388 e. The highest BCUT2D eigenvalue weighted by Gasteiger charge is 2.24. The van der Waals surface area contributed by atoms with E-state index in [1.54, 1.807) is 0 Å². The zero-order valence-electron chi connectivity index (χ0n) is 10.8. The van der Waals surface area contributed by atoms with Crippen molar-refractivity contribution in [3.05, 3.63) is 0 Å². The van der Waals surface area contributed by atoms with E-state index in [-0.39, 0.29) is 5.92 Å². The van der Waals surface area contributed by atoms with Gasteiger partial charge in [0.05, 0.1) is 12.2 Å². The van der Waals surface area contributed by atoms with E-state index in [0.717, 1.165) is 13.0 Å². The maximum atomic E-state index is 9.90. The third-order valence-corrected chi connectivity index (χ3v) is 2.66. The summed E-state index contributed by atoms with van der Waals surface area (Å²) in [6.45, 7) is 12.2. The van der Waals surface area contributed by atoms with Gasteiger partial charge in [-0.25, -0.2) is 0 Å². The van der Waals surface area contributed by atoms with Crippen LogP contribution in [0.4, 0.5) is 0 Å². The second-order valence-electron chi connectivity index (χ2n) is 5.03. The summed E-state index contributed by atoms with van der Waals surface area (Å²) in [5, 5.41) is 13.2. The molecule has 0 saturated carbocycles. The summed E-state index contributed by atoms with van der Waals surface area (Å²) in [5.41, 5.74) is -0.703. The van der Waals surface area contributed by atoms with E-state index in [2.05, 4.69) is 19.2 Å². The van der Waals surface area contributed by atoms with Crippen LogP contribution >= 0.6 is 0 Å². The standard InChI is InChI=1S/C12H27NO2/c1-10(2)12(5,14)9-15-8-6-7-13-11(3)4/h10-11,13-14H,6-9H2,1-5H3. The Kier molecular flexibility index (Phi) is 7.14. The molecule has 15 heavy (non-hydrogen) atoms. The summed E-state index contributed by atoms with van der Waals surface area (Å²) in [6.07, 6.45) is 0.992. The van der Waals surface area contributed by atoms with Gasteiger partial charge in [-0.1, -0.05) is 27.7 Å². The zero-order valence-corrected chi connectivity index (χ0v) is 10.8. The van der Waals surface area contributed by atoms with Gasteiger partial charge in [-0.05, 0) is 25.8 Å². The molecule has 0 aliphatic heterocycles. The highest BCUT2D eigenvalue weighted by atomic mass is 16.5. The summed E-state index contributed by atoms with van der Waals surface area (Å²) in [6, 6.07) is 0.531. The van der Waals surface area contributed by atoms with Crippen LogP contribution in [-0.4, -0.2) is 36.5 Å². The van der Waals surface area contributed by atoms with Crippen LogP contribution in [0.3, 0.4) is 0 Å². The Hall–Kier alpha value is -0.120. The fourth-order valence-corrected chi connectivity index (χ4v) is 1.01. The third-order valence-electron chi connectivity index (χ3n) is 2.66. The van der Waals surface area contributed by atoms with E-state index in [1.807, 2.05) is 20.8 Å². The average Bonchev–Trinajstić information content (AvgIpc) is 2.10. The van der Waals surface area contributed by atoms with E-state index in [0.29, 0.717) is 19.3 Å². The van der Waals surface area contributed by atoms with Gasteiger partial charge in [0.25, 0.3) is 0 Å². The topological polar surface area (TPSA) is 41.5 Å². The van der Waals surface area contributed by atoms with Crippen LogP contribution in [0.2, 0.25) is 0 Å². The molecule has 0 aromatic rings. The van der Waals surface area contributed by atoms with Crippen molar-refractivity contribution in [2.75, 3.05) is 19.8 Å². The minimum atomic E-state index is -0.703. The molecule has 0 radical (unpaired) electrons. The van der Waals surface area contributed by atoms with Crippen LogP contribution < -0.4 is 5.32 Å². The Morgan fingerprint density at radius 1 is 1.27 bits per heavy atom. The van der Waals surface area contributed by atoms with Crippen LogP contribution in [-0.2, 0) is 4.74 Å². The minimum Gasteiger partial charge on any atom is -0.388 e. The number of aliphatic hydroxyl groups is 1. The van der Waals surface area contributed by atoms with Gasteiger partial charge in [0, 0.05) is 12.6 Å². The molecular formula is C12H27NO2. The predicted molar refractivity (Wildman–Crippen MR) is 64.0 cm³/mol. The van der Waals surface area contributed by atoms with Crippen LogP contribution in [0.15, 0.2) is 0 Å². The average molecular weight is 217 g/mol. The van der Waals surface area contributed by atoms with E-state index >= 15 is 0 Å². The first kappa shape index (κ1) is 14.9. The van der Waals surface area contributed by atoms with Crippen molar-refractivity contribution in [2.24, 2.45) is 5.92 Å².